The molecular weight excluding hydrogens is 366 g/mol. The Bertz CT molecular complexity index is 998. The van der Waals surface area contributed by atoms with Gasteiger partial charge < -0.3 is 14.4 Å². The van der Waals surface area contributed by atoms with E-state index in [-0.39, 0.29) is 18.8 Å². The minimum atomic E-state index is -0.969. The van der Waals surface area contributed by atoms with Gasteiger partial charge in [0, 0.05) is 12.3 Å². The molecule has 0 fully saturated rings. The molecule has 2 aromatic carbocycles. The van der Waals surface area contributed by atoms with Crippen molar-refractivity contribution in [1.29, 1.82) is 0 Å². The van der Waals surface area contributed by atoms with Gasteiger partial charge in [0.25, 0.3) is 5.91 Å². The van der Waals surface area contributed by atoms with Crippen LogP contribution in [0.3, 0.4) is 0 Å². The second-order valence-corrected chi connectivity index (χ2v) is 6.21. The molecular formula is C21H16F2N2O3. The monoisotopic (exact) mass is 382 g/mol. The molecule has 3 aromatic rings. The summed E-state index contributed by atoms with van der Waals surface area (Å²) in [5, 5.41) is 0. The van der Waals surface area contributed by atoms with Gasteiger partial charge in [-0.15, -0.1) is 0 Å². The van der Waals surface area contributed by atoms with Crippen molar-refractivity contribution in [3.63, 3.8) is 0 Å². The van der Waals surface area contributed by atoms with Crippen LogP contribution >= 0.6 is 0 Å². The largest absolute Gasteiger partial charge is 0.485 e. The number of nitrogens with zero attached hydrogens (tertiary/aromatic N) is 2. The third kappa shape index (κ3) is 3.64. The van der Waals surface area contributed by atoms with E-state index < -0.39 is 23.6 Å². The van der Waals surface area contributed by atoms with Gasteiger partial charge in [-0.3, -0.25) is 9.78 Å². The van der Waals surface area contributed by atoms with Gasteiger partial charge in [-0.05, 0) is 36.4 Å². The van der Waals surface area contributed by atoms with Crippen LogP contribution in [0.2, 0.25) is 0 Å². The molecule has 1 atom stereocenters. The van der Waals surface area contributed by atoms with Crippen LogP contribution in [0.5, 0.6) is 11.5 Å². The number of hydrogen-bond acceptors (Lipinski definition) is 4. The highest BCUT2D eigenvalue weighted by atomic mass is 19.1. The summed E-state index contributed by atoms with van der Waals surface area (Å²) in [4.78, 5) is 18.6. The minimum Gasteiger partial charge on any atom is -0.485 e. The first-order valence-electron chi connectivity index (χ1n) is 8.66. The number of amides is 1. The third-order valence-electron chi connectivity index (χ3n) is 4.30. The van der Waals surface area contributed by atoms with Crippen LogP contribution in [-0.4, -0.2) is 23.6 Å². The number of para-hydroxylation sites is 2. The minimum absolute atomic E-state index is 0.00370. The average molecular weight is 382 g/mol. The van der Waals surface area contributed by atoms with E-state index in [4.69, 9.17) is 9.47 Å². The molecule has 4 rings (SSSR count). The van der Waals surface area contributed by atoms with Crippen molar-refractivity contribution in [3.05, 3.63) is 84.2 Å². The molecule has 0 saturated heterocycles. The molecule has 1 aliphatic heterocycles. The highest BCUT2D eigenvalue weighted by molar-refractivity contribution is 5.97. The van der Waals surface area contributed by atoms with E-state index in [1.165, 1.54) is 11.0 Å². The molecule has 1 aliphatic rings. The maximum atomic E-state index is 14.4. The molecule has 142 valence electrons. The Kier molecular flexibility index (Phi) is 4.89. The van der Waals surface area contributed by atoms with E-state index in [1.54, 1.807) is 48.7 Å². The standard InChI is InChI=1S/C21H16F2N2O3/c22-14-8-9-17(16(23)11-14)25(12-15-5-3-4-10-24-15)21(26)20-13-27-18-6-1-2-7-19(18)28-20/h1-11,20H,12-13H2. The number of fused-ring (bicyclic) bond motifs is 1. The van der Waals surface area contributed by atoms with E-state index in [1.807, 2.05) is 0 Å². The van der Waals surface area contributed by atoms with Gasteiger partial charge in [-0.25, -0.2) is 8.78 Å². The lowest BCUT2D eigenvalue weighted by Crippen LogP contribution is -2.46. The van der Waals surface area contributed by atoms with Gasteiger partial charge in [-0.1, -0.05) is 18.2 Å². The Labute approximate surface area is 160 Å². The molecule has 5 nitrogen and oxygen atoms in total. The first-order valence-corrected chi connectivity index (χ1v) is 8.66. The summed E-state index contributed by atoms with van der Waals surface area (Å²) in [6.07, 6.45) is 0.609. The number of benzene rings is 2. The smallest absolute Gasteiger partial charge is 0.272 e. The van der Waals surface area contributed by atoms with Crippen molar-refractivity contribution >= 4 is 11.6 Å². The van der Waals surface area contributed by atoms with Crippen LogP contribution in [0.25, 0.3) is 0 Å². The summed E-state index contributed by atoms with van der Waals surface area (Å²) >= 11 is 0. The zero-order chi connectivity index (χ0) is 19.5. The Morgan fingerprint density at radius 3 is 2.61 bits per heavy atom. The summed E-state index contributed by atoms with van der Waals surface area (Å²) in [5.74, 6) is -1.11. The molecule has 1 aromatic heterocycles. The van der Waals surface area contributed by atoms with Gasteiger partial charge in [0.05, 0.1) is 17.9 Å². The van der Waals surface area contributed by atoms with Crippen molar-refractivity contribution < 1.29 is 23.0 Å². The van der Waals surface area contributed by atoms with Crippen LogP contribution < -0.4 is 14.4 Å². The summed E-state index contributed by atoms with van der Waals surface area (Å²) in [6.45, 7) is -0.0128. The number of anilines is 1. The Morgan fingerprint density at radius 2 is 1.86 bits per heavy atom. The third-order valence-corrected chi connectivity index (χ3v) is 4.30. The van der Waals surface area contributed by atoms with Gasteiger partial charge in [0.1, 0.15) is 18.2 Å². The SMILES string of the molecule is O=C(C1COc2ccccc2O1)N(Cc1ccccn1)c1ccc(F)cc1F. The lowest BCUT2D eigenvalue weighted by Gasteiger charge is -2.30. The zero-order valence-corrected chi connectivity index (χ0v) is 14.7. The van der Waals surface area contributed by atoms with Crippen LogP contribution in [0.15, 0.2) is 66.9 Å². The summed E-state index contributed by atoms with van der Waals surface area (Å²) < 4.78 is 39.2. The maximum absolute atomic E-state index is 14.4. The predicted octanol–water partition coefficient (Wildman–Crippen LogP) is 3.73. The summed E-state index contributed by atoms with van der Waals surface area (Å²) in [5.41, 5.74) is 0.496. The fourth-order valence-corrected chi connectivity index (χ4v) is 2.95. The van der Waals surface area contributed by atoms with Gasteiger partial charge in [0.15, 0.2) is 11.5 Å². The molecule has 0 bridgehead atoms. The van der Waals surface area contributed by atoms with Crippen LogP contribution in [0.1, 0.15) is 5.69 Å². The van der Waals surface area contributed by atoms with Gasteiger partial charge >= 0.3 is 0 Å². The number of ether oxygens (including phenoxy) is 2. The molecule has 28 heavy (non-hydrogen) atoms. The van der Waals surface area contributed by atoms with E-state index in [0.717, 1.165) is 12.1 Å². The van der Waals surface area contributed by atoms with Crippen LogP contribution in [0.4, 0.5) is 14.5 Å². The normalized spacial score (nSPS) is 15.1. The molecule has 2 heterocycles. The quantitative estimate of drug-likeness (QED) is 0.690. The molecule has 1 unspecified atom stereocenters. The molecule has 0 spiro atoms. The predicted molar refractivity (Wildman–Crippen MR) is 98.1 cm³/mol. The molecule has 0 aliphatic carbocycles. The number of carbonyl (C=O) groups excluding carboxylic acids is 1. The number of hydrogen-bond donors (Lipinski definition) is 0. The van der Waals surface area contributed by atoms with Crippen LogP contribution in [-0.2, 0) is 11.3 Å². The summed E-state index contributed by atoms with van der Waals surface area (Å²) in [6, 6.07) is 15.3. The maximum Gasteiger partial charge on any atom is 0.272 e. The van der Waals surface area contributed by atoms with E-state index in [9.17, 15) is 13.6 Å². The van der Waals surface area contributed by atoms with Crippen molar-refractivity contribution in [2.24, 2.45) is 0 Å². The van der Waals surface area contributed by atoms with Gasteiger partial charge in [-0.2, -0.15) is 0 Å². The van der Waals surface area contributed by atoms with Crippen molar-refractivity contribution in [1.82, 2.24) is 4.98 Å². The Balaban J connectivity index is 1.66. The lowest BCUT2D eigenvalue weighted by atomic mass is 10.2. The molecule has 0 saturated carbocycles. The van der Waals surface area contributed by atoms with Crippen molar-refractivity contribution in [3.8, 4) is 11.5 Å². The number of pyridine rings is 1. The fourth-order valence-electron chi connectivity index (χ4n) is 2.95. The second kappa shape index (κ2) is 7.64. The second-order valence-electron chi connectivity index (χ2n) is 6.21. The zero-order valence-electron chi connectivity index (χ0n) is 14.7. The number of halogens is 2. The number of aromatic nitrogens is 1. The van der Waals surface area contributed by atoms with Crippen molar-refractivity contribution in [2.45, 2.75) is 12.6 Å². The summed E-state index contributed by atoms with van der Waals surface area (Å²) in [7, 11) is 0. The number of rotatable bonds is 4. The molecule has 0 N–H and O–H groups in total. The fraction of sp³-hybridized carbons (Fsp3) is 0.143. The molecule has 1 amide bonds. The van der Waals surface area contributed by atoms with Crippen molar-refractivity contribution in [2.75, 3.05) is 11.5 Å². The number of carbonyl (C=O) groups is 1. The van der Waals surface area contributed by atoms with E-state index in [2.05, 4.69) is 4.98 Å². The Morgan fingerprint density at radius 1 is 1.07 bits per heavy atom. The van der Waals surface area contributed by atoms with Crippen LogP contribution in [0, 0.1) is 11.6 Å². The first kappa shape index (κ1) is 17.9. The molecule has 7 heteroatoms. The highest BCUT2D eigenvalue weighted by Crippen LogP contribution is 2.32. The lowest BCUT2D eigenvalue weighted by molar-refractivity contribution is -0.127. The van der Waals surface area contributed by atoms with Gasteiger partial charge in [0.2, 0.25) is 6.10 Å². The molecule has 0 radical (unpaired) electrons. The topological polar surface area (TPSA) is 51.7 Å². The average Bonchev–Trinajstić information content (AvgIpc) is 2.72. The van der Waals surface area contributed by atoms with E-state index in [0.29, 0.717) is 17.2 Å². The van der Waals surface area contributed by atoms with E-state index >= 15 is 0 Å². The highest BCUT2D eigenvalue weighted by Gasteiger charge is 2.33. The Hall–Kier alpha value is -3.48. The first-order chi connectivity index (χ1) is 13.6.